The minimum atomic E-state index is -4.27. The second kappa shape index (κ2) is 32.7. The molecule has 1 saturated heterocycles. The van der Waals surface area contributed by atoms with Crippen LogP contribution in [0.4, 0.5) is 0 Å². The van der Waals surface area contributed by atoms with Gasteiger partial charge in [-0.05, 0) is 51.0 Å². The van der Waals surface area contributed by atoms with Crippen LogP contribution in [0, 0.1) is 0 Å². The van der Waals surface area contributed by atoms with E-state index in [-0.39, 0.29) is 32.3 Å². The second-order valence-electron chi connectivity index (χ2n) is 13.6. The number of hydrogen-bond donors (Lipinski definition) is 2. The lowest BCUT2D eigenvalue weighted by Gasteiger charge is -2.19. The summed E-state index contributed by atoms with van der Waals surface area (Å²) in [6, 6.07) is 0. The predicted molar refractivity (Wildman–Crippen MR) is 200 cm³/mol. The number of unbranched alkanes of at least 4 members (excludes halogenated alkanes) is 19. The molecule has 1 aliphatic heterocycles. The van der Waals surface area contributed by atoms with E-state index in [4.69, 9.17) is 29.0 Å². The van der Waals surface area contributed by atoms with Crippen LogP contribution < -0.4 is 5.73 Å². The highest BCUT2D eigenvalue weighted by molar-refractivity contribution is 7.47. The van der Waals surface area contributed by atoms with Gasteiger partial charge >= 0.3 is 13.8 Å². The summed E-state index contributed by atoms with van der Waals surface area (Å²) in [6.45, 7) is 4.16. The fourth-order valence-corrected chi connectivity index (χ4v) is 6.52. The molecule has 3 N–H and O–H groups in total. The first-order valence-electron chi connectivity index (χ1n) is 20.0. The van der Waals surface area contributed by atoms with E-state index in [0.29, 0.717) is 18.6 Å². The van der Waals surface area contributed by atoms with Crippen LogP contribution in [-0.4, -0.2) is 55.5 Å². The summed E-state index contributed by atoms with van der Waals surface area (Å²) in [5, 5.41) is 0. The molecule has 1 rings (SSSR count). The molecular formula is C39H74NO8P. The average molecular weight is 716 g/mol. The van der Waals surface area contributed by atoms with Gasteiger partial charge in [0, 0.05) is 13.0 Å². The minimum Gasteiger partial charge on any atom is -0.492 e. The number of allylic oxidation sites excluding steroid dienone is 2. The van der Waals surface area contributed by atoms with Crippen molar-refractivity contribution in [1.82, 2.24) is 0 Å². The van der Waals surface area contributed by atoms with Crippen molar-refractivity contribution in [2.24, 2.45) is 5.73 Å². The Balaban J connectivity index is 2.17. The number of phosphoric ester groups is 1. The van der Waals surface area contributed by atoms with Crippen molar-refractivity contribution >= 4 is 13.8 Å². The maximum absolute atomic E-state index is 12.4. The van der Waals surface area contributed by atoms with E-state index < -0.39 is 13.9 Å². The highest BCUT2D eigenvalue weighted by Crippen LogP contribution is 2.43. The molecule has 49 heavy (non-hydrogen) atoms. The average Bonchev–Trinajstić information content (AvgIpc) is 3.85. The van der Waals surface area contributed by atoms with Crippen LogP contribution in [-0.2, 0) is 32.6 Å². The van der Waals surface area contributed by atoms with Gasteiger partial charge in [-0.15, -0.1) is 0 Å². The molecule has 0 aliphatic carbocycles. The largest absolute Gasteiger partial charge is 0.492 e. The summed E-state index contributed by atoms with van der Waals surface area (Å²) in [4.78, 5) is 22.2. The molecule has 0 aromatic rings. The number of esters is 1. The highest BCUT2D eigenvalue weighted by Gasteiger charge is 2.36. The number of epoxide rings is 1. The molecule has 10 heteroatoms. The van der Waals surface area contributed by atoms with Gasteiger partial charge in [0.05, 0.1) is 31.7 Å². The van der Waals surface area contributed by atoms with Gasteiger partial charge in [-0.25, -0.2) is 4.57 Å². The Morgan fingerprint density at radius 2 is 1.31 bits per heavy atom. The van der Waals surface area contributed by atoms with Crippen molar-refractivity contribution < 1.29 is 37.5 Å². The zero-order valence-electron chi connectivity index (χ0n) is 31.4. The first kappa shape index (κ1) is 45.8. The van der Waals surface area contributed by atoms with E-state index in [9.17, 15) is 14.3 Å². The van der Waals surface area contributed by atoms with Crippen molar-refractivity contribution in [2.45, 2.75) is 193 Å². The first-order chi connectivity index (χ1) is 23.9. The number of rotatable bonds is 37. The van der Waals surface area contributed by atoms with Crippen LogP contribution in [0.5, 0.6) is 0 Å². The molecule has 0 radical (unpaired) electrons. The van der Waals surface area contributed by atoms with Gasteiger partial charge in [-0.2, -0.15) is 0 Å². The molecule has 0 aromatic heterocycles. The van der Waals surface area contributed by atoms with E-state index >= 15 is 0 Å². The quantitative estimate of drug-likeness (QED) is 0.0161. The van der Waals surface area contributed by atoms with Crippen molar-refractivity contribution in [1.29, 1.82) is 0 Å². The molecule has 0 spiro atoms. The van der Waals surface area contributed by atoms with Gasteiger partial charge < -0.3 is 24.8 Å². The van der Waals surface area contributed by atoms with Gasteiger partial charge in [0.2, 0.25) is 0 Å². The normalized spacial score (nSPS) is 17.9. The zero-order chi connectivity index (χ0) is 35.7. The second-order valence-corrected chi connectivity index (χ2v) is 15.1. The number of hydrogen-bond acceptors (Lipinski definition) is 8. The molecule has 0 saturated carbocycles. The SMILES string of the molecule is CCCCC/C=C\CC1OC1CCCCCCCC(=O)OC[C@H](COP(=O)(O)OCCN)O/C=C/CCCCCCCCCCCCCC. The van der Waals surface area contributed by atoms with Crippen molar-refractivity contribution in [3.63, 3.8) is 0 Å². The Hall–Kier alpha value is -1.22. The number of nitrogens with two attached hydrogens (primary N) is 1. The predicted octanol–water partition coefficient (Wildman–Crippen LogP) is 10.6. The van der Waals surface area contributed by atoms with Gasteiger partial charge in [0.1, 0.15) is 6.61 Å². The molecule has 0 bridgehead atoms. The van der Waals surface area contributed by atoms with E-state index in [1.54, 1.807) is 6.26 Å². The lowest BCUT2D eigenvalue weighted by atomic mass is 10.0. The van der Waals surface area contributed by atoms with E-state index in [0.717, 1.165) is 57.8 Å². The summed E-state index contributed by atoms with van der Waals surface area (Å²) in [5.41, 5.74) is 5.35. The van der Waals surface area contributed by atoms with Gasteiger partial charge in [-0.3, -0.25) is 13.8 Å². The van der Waals surface area contributed by atoms with Crippen LogP contribution in [0.1, 0.15) is 174 Å². The Morgan fingerprint density at radius 3 is 1.98 bits per heavy atom. The van der Waals surface area contributed by atoms with Gasteiger partial charge in [0.15, 0.2) is 6.10 Å². The van der Waals surface area contributed by atoms with Gasteiger partial charge in [-0.1, -0.05) is 135 Å². The zero-order valence-corrected chi connectivity index (χ0v) is 32.3. The third-order valence-electron chi connectivity index (χ3n) is 8.88. The molecule has 0 aromatic carbocycles. The molecule has 0 amide bonds. The summed E-state index contributed by atoms with van der Waals surface area (Å²) in [6.07, 6.45) is 37.4. The summed E-state index contributed by atoms with van der Waals surface area (Å²) < 4.78 is 38.9. The fraction of sp³-hybridized carbons (Fsp3) is 0.872. The number of ether oxygens (including phenoxy) is 3. The monoisotopic (exact) mass is 716 g/mol. The summed E-state index contributed by atoms with van der Waals surface area (Å²) in [5.74, 6) is -0.308. The van der Waals surface area contributed by atoms with E-state index in [2.05, 4.69) is 26.0 Å². The molecule has 4 atom stereocenters. The van der Waals surface area contributed by atoms with Crippen LogP contribution in [0.2, 0.25) is 0 Å². The number of phosphoric acid groups is 1. The molecule has 1 heterocycles. The van der Waals surface area contributed by atoms with E-state index in [1.165, 1.54) is 96.3 Å². The number of carbonyl (C=O) groups is 1. The van der Waals surface area contributed by atoms with Crippen LogP contribution in [0.25, 0.3) is 0 Å². The molecule has 3 unspecified atom stereocenters. The Labute approximate surface area is 300 Å². The topological polar surface area (TPSA) is 130 Å². The maximum Gasteiger partial charge on any atom is 0.472 e. The first-order valence-corrected chi connectivity index (χ1v) is 21.5. The minimum absolute atomic E-state index is 0.0743. The molecule has 1 fully saturated rings. The summed E-state index contributed by atoms with van der Waals surface area (Å²) >= 11 is 0. The standard InChI is InChI=1S/C39H74NO8P/c1-3-5-7-9-11-12-13-14-15-16-17-18-23-27-32-44-36(35-47-49(42,43)46-33-31-40)34-45-39(41)30-26-22-19-21-25-29-38-37(48-38)28-24-20-10-8-6-4-2/h20,24,27,32,36-38H,3-19,21-23,25-26,28-31,33-35,40H2,1-2H3,(H,42,43)/b24-20-,32-27+/t36-,37?,38?/m1/s1. The Kier molecular flexibility index (Phi) is 30.5. The molecule has 9 nitrogen and oxygen atoms in total. The molecule has 288 valence electrons. The highest BCUT2D eigenvalue weighted by atomic mass is 31.2. The molecular weight excluding hydrogens is 641 g/mol. The van der Waals surface area contributed by atoms with Crippen molar-refractivity contribution in [2.75, 3.05) is 26.4 Å². The third-order valence-corrected chi connectivity index (χ3v) is 9.87. The Morgan fingerprint density at radius 1 is 0.735 bits per heavy atom. The lowest BCUT2D eigenvalue weighted by molar-refractivity contribution is -0.147. The third kappa shape index (κ3) is 30.1. The van der Waals surface area contributed by atoms with E-state index in [1.807, 2.05) is 6.08 Å². The van der Waals surface area contributed by atoms with Crippen molar-refractivity contribution in [3.8, 4) is 0 Å². The number of carbonyl (C=O) groups excluding carboxylic acids is 1. The smallest absolute Gasteiger partial charge is 0.472 e. The summed E-state index contributed by atoms with van der Waals surface area (Å²) in [7, 11) is -4.27. The van der Waals surface area contributed by atoms with Crippen LogP contribution >= 0.6 is 7.82 Å². The van der Waals surface area contributed by atoms with Gasteiger partial charge in [0.25, 0.3) is 0 Å². The van der Waals surface area contributed by atoms with Crippen molar-refractivity contribution in [3.05, 3.63) is 24.5 Å². The molecule has 1 aliphatic rings. The fourth-order valence-electron chi connectivity index (χ4n) is 5.75. The Bertz CT molecular complexity index is 870. The lowest BCUT2D eigenvalue weighted by Crippen LogP contribution is -2.25. The van der Waals surface area contributed by atoms with Crippen LogP contribution in [0.3, 0.4) is 0 Å². The maximum atomic E-state index is 12.4. The van der Waals surface area contributed by atoms with Crippen LogP contribution in [0.15, 0.2) is 24.5 Å².